The van der Waals surface area contributed by atoms with Crippen molar-refractivity contribution in [2.24, 2.45) is 0 Å². The first kappa shape index (κ1) is 11.9. The van der Waals surface area contributed by atoms with Crippen molar-refractivity contribution in [3.05, 3.63) is 16.3 Å². The summed E-state index contributed by atoms with van der Waals surface area (Å²) in [6.45, 7) is 4.32. The Kier molecular flexibility index (Phi) is 2.98. The zero-order chi connectivity index (χ0) is 12.7. The zero-order valence-corrected chi connectivity index (χ0v) is 12.0. The van der Waals surface area contributed by atoms with Gasteiger partial charge in [0.05, 0.1) is 5.39 Å². The fourth-order valence-electron chi connectivity index (χ4n) is 2.81. The summed E-state index contributed by atoms with van der Waals surface area (Å²) in [7, 11) is 1.95. The number of rotatable bonds is 2. The van der Waals surface area contributed by atoms with Crippen LogP contribution in [0, 0.1) is 13.8 Å². The van der Waals surface area contributed by atoms with Gasteiger partial charge in [-0.05, 0) is 32.3 Å². The van der Waals surface area contributed by atoms with E-state index in [1.54, 1.807) is 11.3 Å². The molecule has 1 aliphatic rings. The second-order valence-corrected chi connectivity index (χ2v) is 6.33. The Hall–Kier alpha value is -1.16. The third-order valence-electron chi connectivity index (χ3n) is 4.00. The predicted octanol–water partition coefficient (Wildman–Crippen LogP) is 4.01. The van der Waals surface area contributed by atoms with Gasteiger partial charge >= 0.3 is 0 Å². The lowest BCUT2D eigenvalue weighted by Gasteiger charge is -2.10. The van der Waals surface area contributed by atoms with E-state index in [0.717, 1.165) is 16.5 Å². The molecule has 3 rings (SSSR count). The number of aryl methyl sites for hydroxylation is 2. The minimum Gasteiger partial charge on any atom is -0.372 e. The number of nitrogens with zero attached hydrogens (tertiary/aromatic N) is 2. The van der Waals surface area contributed by atoms with Gasteiger partial charge in [-0.15, -0.1) is 11.3 Å². The molecule has 2 aromatic rings. The Bertz CT molecular complexity index is 582. The van der Waals surface area contributed by atoms with E-state index in [2.05, 4.69) is 19.2 Å². The highest BCUT2D eigenvalue weighted by molar-refractivity contribution is 7.18. The molecule has 0 amide bonds. The molecule has 0 saturated heterocycles. The van der Waals surface area contributed by atoms with E-state index in [1.807, 2.05) is 7.05 Å². The average molecular weight is 261 g/mol. The lowest BCUT2D eigenvalue weighted by molar-refractivity contribution is 0.674. The quantitative estimate of drug-likeness (QED) is 0.887. The van der Waals surface area contributed by atoms with Crippen LogP contribution in [-0.2, 0) is 0 Å². The molecule has 0 aliphatic heterocycles. The fourth-order valence-corrected chi connectivity index (χ4v) is 3.85. The Morgan fingerprint density at radius 2 is 1.89 bits per heavy atom. The summed E-state index contributed by atoms with van der Waals surface area (Å²) in [6.07, 6.45) is 5.14. The molecule has 0 atom stereocenters. The molecule has 18 heavy (non-hydrogen) atoms. The van der Waals surface area contributed by atoms with Gasteiger partial charge in [0.1, 0.15) is 16.5 Å². The summed E-state index contributed by atoms with van der Waals surface area (Å²) in [5.41, 5.74) is 1.32. The lowest BCUT2D eigenvalue weighted by Crippen LogP contribution is -2.04. The number of hydrogen-bond acceptors (Lipinski definition) is 4. The summed E-state index contributed by atoms with van der Waals surface area (Å²) in [5, 5.41) is 4.45. The average Bonchev–Trinajstić information content (AvgIpc) is 2.98. The molecule has 0 spiro atoms. The van der Waals surface area contributed by atoms with Gasteiger partial charge in [0.15, 0.2) is 0 Å². The monoisotopic (exact) mass is 261 g/mol. The van der Waals surface area contributed by atoms with Crippen LogP contribution in [0.5, 0.6) is 0 Å². The van der Waals surface area contributed by atoms with E-state index in [4.69, 9.17) is 9.97 Å². The van der Waals surface area contributed by atoms with Gasteiger partial charge in [0, 0.05) is 17.8 Å². The number of anilines is 1. The van der Waals surface area contributed by atoms with Crippen LogP contribution >= 0.6 is 11.3 Å². The number of aromatic nitrogens is 2. The summed E-state index contributed by atoms with van der Waals surface area (Å²) < 4.78 is 0. The predicted molar refractivity (Wildman–Crippen MR) is 77.6 cm³/mol. The summed E-state index contributed by atoms with van der Waals surface area (Å²) in [6, 6.07) is 0. The van der Waals surface area contributed by atoms with Crippen LogP contribution in [-0.4, -0.2) is 17.0 Å². The minimum atomic E-state index is 0.573. The molecular weight excluding hydrogens is 242 g/mol. The molecule has 0 unspecified atom stereocenters. The van der Waals surface area contributed by atoms with Gasteiger partial charge < -0.3 is 5.32 Å². The van der Waals surface area contributed by atoms with Crippen molar-refractivity contribution in [3.8, 4) is 0 Å². The number of thiophene rings is 1. The van der Waals surface area contributed by atoms with E-state index < -0.39 is 0 Å². The van der Waals surface area contributed by atoms with Crippen LogP contribution in [0.1, 0.15) is 47.9 Å². The maximum Gasteiger partial charge on any atom is 0.138 e. The molecule has 1 N–H and O–H groups in total. The van der Waals surface area contributed by atoms with Crippen LogP contribution in [0.4, 0.5) is 5.82 Å². The van der Waals surface area contributed by atoms with Crippen LogP contribution in [0.15, 0.2) is 0 Å². The molecule has 0 radical (unpaired) electrons. The number of nitrogens with one attached hydrogen (secondary N) is 1. The second-order valence-electron chi connectivity index (χ2n) is 5.13. The SMILES string of the molecule is CNc1nc(C2CCCC2)nc2sc(C)c(C)c12. The molecule has 4 heteroatoms. The van der Waals surface area contributed by atoms with Crippen LogP contribution < -0.4 is 5.32 Å². The maximum atomic E-state index is 4.81. The molecular formula is C14H19N3S. The van der Waals surface area contributed by atoms with Crippen molar-refractivity contribution in [1.29, 1.82) is 0 Å². The first-order valence-electron chi connectivity index (χ1n) is 6.66. The topological polar surface area (TPSA) is 37.8 Å². The molecule has 3 nitrogen and oxygen atoms in total. The molecule has 1 fully saturated rings. The zero-order valence-electron chi connectivity index (χ0n) is 11.2. The first-order chi connectivity index (χ1) is 8.70. The Morgan fingerprint density at radius 3 is 2.56 bits per heavy atom. The highest BCUT2D eigenvalue weighted by Crippen LogP contribution is 2.37. The largest absolute Gasteiger partial charge is 0.372 e. The molecule has 96 valence electrons. The summed E-state index contributed by atoms with van der Waals surface area (Å²) >= 11 is 1.79. The van der Waals surface area contributed by atoms with Crippen molar-refractivity contribution >= 4 is 27.4 Å². The van der Waals surface area contributed by atoms with Crippen molar-refractivity contribution in [2.45, 2.75) is 45.4 Å². The molecule has 1 aliphatic carbocycles. The van der Waals surface area contributed by atoms with Gasteiger partial charge in [-0.3, -0.25) is 0 Å². The third kappa shape index (κ3) is 1.79. The van der Waals surface area contributed by atoms with Crippen LogP contribution in [0.3, 0.4) is 0 Å². The normalized spacial score (nSPS) is 16.6. The van der Waals surface area contributed by atoms with E-state index in [-0.39, 0.29) is 0 Å². The van der Waals surface area contributed by atoms with E-state index in [9.17, 15) is 0 Å². The minimum absolute atomic E-state index is 0.573. The Labute approximate surface area is 112 Å². The highest BCUT2D eigenvalue weighted by atomic mass is 32.1. The first-order valence-corrected chi connectivity index (χ1v) is 7.47. The molecule has 0 aromatic carbocycles. The van der Waals surface area contributed by atoms with Crippen LogP contribution in [0.2, 0.25) is 0 Å². The van der Waals surface area contributed by atoms with Gasteiger partial charge in [0.25, 0.3) is 0 Å². The Morgan fingerprint density at radius 1 is 1.17 bits per heavy atom. The Balaban J connectivity index is 2.18. The van der Waals surface area contributed by atoms with Gasteiger partial charge in [0.2, 0.25) is 0 Å². The highest BCUT2D eigenvalue weighted by Gasteiger charge is 2.22. The number of fused-ring (bicyclic) bond motifs is 1. The molecule has 1 saturated carbocycles. The van der Waals surface area contributed by atoms with Crippen LogP contribution in [0.25, 0.3) is 10.2 Å². The smallest absolute Gasteiger partial charge is 0.138 e. The third-order valence-corrected chi connectivity index (χ3v) is 5.10. The summed E-state index contributed by atoms with van der Waals surface area (Å²) in [5.74, 6) is 2.62. The number of hydrogen-bond donors (Lipinski definition) is 1. The maximum absolute atomic E-state index is 4.81. The lowest BCUT2D eigenvalue weighted by atomic mass is 10.1. The second kappa shape index (κ2) is 4.50. The molecule has 2 heterocycles. The molecule has 0 bridgehead atoms. The summed E-state index contributed by atoms with van der Waals surface area (Å²) in [4.78, 5) is 12.1. The van der Waals surface area contributed by atoms with E-state index >= 15 is 0 Å². The van der Waals surface area contributed by atoms with Gasteiger partial charge in [-0.25, -0.2) is 9.97 Å². The standard InChI is InChI=1S/C14H19N3S/c1-8-9(2)18-14-11(8)13(15-3)16-12(17-14)10-6-4-5-7-10/h10H,4-7H2,1-3H3,(H,15,16,17). The van der Waals surface area contributed by atoms with Gasteiger partial charge in [-0.2, -0.15) is 0 Å². The van der Waals surface area contributed by atoms with Crippen molar-refractivity contribution in [2.75, 3.05) is 12.4 Å². The van der Waals surface area contributed by atoms with Crippen molar-refractivity contribution in [3.63, 3.8) is 0 Å². The van der Waals surface area contributed by atoms with E-state index in [1.165, 1.54) is 41.5 Å². The van der Waals surface area contributed by atoms with Gasteiger partial charge in [-0.1, -0.05) is 12.8 Å². The van der Waals surface area contributed by atoms with E-state index in [0.29, 0.717) is 5.92 Å². The molecule has 2 aromatic heterocycles. The van der Waals surface area contributed by atoms with Crippen molar-refractivity contribution < 1.29 is 0 Å². The van der Waals surface area contributed by atoms with Crippen molar-refractivity contribution in [1.82, 2.24) is 9.97 Å². The fraction of sp³-hybridized carbons (Fsp3) is 0.571.